The van der Waals surface area contributed by atoms with Crippen molar-refractivity contribution in [1.29, 1.82) is 0 Å². The van der Waals surface area contributed by atoms with Gasteiger partial charge in [-0.1, -0.05) is 91.0 Å². The first-order chi connectivity index (χ1) is 16.7. The summed E-state index contributed by atoms with van der Waals surface area (Å²) in [7, 11) is 1.62. The third-order valence-electron chi connectivity index (χ3n) is 5.80. The molecule has 3 aromatic carbocycles. The Balaban J connectivity index is 1.49. The molecule has 0 aliphatic carbocycles. The van der Waals surface area contributed by atoms with Crippen molar-refractivity contribution >= 4 is 0 Å². The molecule has 1 saturated heterocycles. The van der Waals surface area contributed by atoms with Crippen LogP contribution in [0, 0.1) is 0 Å². The number of rotatable bonds is 12. The highest BCUT2D eigenvalue weighted by Gasteiger charge is 2.49. The standard InChI is InChI=1S/C28H32O6/c1-30-20-24(31-17-21-11-5-2-6-12-21)25-26(32-18-22-13-7-3-8-14-22)27(28(29)34-25)33-19-23-15-9-4-10-16-23/h2-16,24-29H,17-20H2,1H3/t24-,25+,26+,27-,28?/m1/s1. The normalized spacial score (nSPS) is 23.1. The lowest BCUT2D eigenvalue weighted by molar-refractivity contribution is -0.171. The van der Waals surface area contributed by atoms with Crippen molar-refractivity contribution in [3.63, 3.8) is 0 Å². The van der Waals surface area contributed by atoms with Gasteiger partial charge in [0, 0.05) is 7.11 Å². The Labute approximate surface area is 201 Å². The van der Waals surface area contributed by atoms with Gasteiger partial charge in [-0.15, -0.1) is 0 Å². The number of ether oxygens (including phenoxy) is 5. The van der Waals surface area contributed by atoms with Gasteiger partial charge in [-0.2, -0.15) is 0 Å². The number of aliphatic hydroxyl groups is 1. The van der Waals surface area contributed by atoms with Crippen molar-refractivity contribution in [2.75, 3.05) is 13.7 Å². The summed E-state index contributed by atoms with van der Waals surface area (Å²) in [6.07, 6.45) is -3.38. The molecule has 1 fully saturated rings. The molecule has 180 valence electrons. The molecular formula is C28H32O6. The van der Waals surface area contributed by atoms with Crippen LogP contribution in [-0.4, -0.2) is 49.5 Å². The summed E-state index contributed by atoms with van der Waals surface area (Å²) in [5, 5.41) is 10.8. The lowest BCUT2D eigenvalue weighted by Gasteiger charge is -2.29. The van der Waals surface area contributed by atoms with Crippen LogP contribution in [0.15, 0.2) is 91.0 Å². The molecule has 0 aromatic heterocycles. The van der Waals surface area contributed by atoms with Crippen LogP contribution in [0.1, 0.15) is 16.7 Å². The van der Waals surface area contributed by atoms with E-state index in [9.17, 15) is 5.11 Å². The third-order valence-corrected chi connectivity index (χ3v) is 5.80. The van der Waals surface area contributed by atoms with Crippen LogP contribution >= 0.6 is 0 Å². The van der Waals surface area contributed by atoms with Crippen molar-refractivity contribution in [3.05, 3.63) is 108 Å². The Hall–Kier alpha value is -2.58. The topological polar surface area (TPSA) is 66.4 Å². The van der Waals surface area contributed by atoms with Crippen LogP contribution in [0.2, 0.25) is 0 Å². The Kier molecular flexibility index (Phi) is 9.21. The number of hydrogen-bond donors (Lipinski definition) is 1. The monoisotopic (exact) mass is 464 g/mol. The maximum atomic E-state index is 10.8. The summed E-state index contributed by atoms with van der Waals surface area (Å²) >= 11 is 0. The molecule has 0 bridgehead atoms. The molecule has 6 heteroatoms. The molecule has 1 aliphatic rings. The first-order valence-electron chi connectivity index (χ1n) is 11.5. The molecule has 0 radical (unpaired) electrons. The van der Waals surface area contributed by atoms with Crippen LogP contribution in [-0.2, 0) is 43.5 Å². The van der Waals surface area contributed by atoms with Gasteiger partial charge in [-0.3, -0.25) is 0 Å². The Morgan fingerprint density at radius 1 is 0.706 bits per heavy atom. The highest BCUT2D eigenvalue weighted by Crippen LogP contribution is 2.31. The van der Waals surface area contributed by atoms with E-state index < -0.39 is 30.7 Å². The van der Waals surface area contributed by atoms with Crippen LogP contribution in [0.4, 0.5) is 0 Å². The molecule has 1 heterocycles. The highest BCUT2D eigenvalue weighted by molar-refractivity contribution is 5.15. The van der Waals surface area contributed by atoms with Crippen molar-refractivity contribution < 1.29 is 28.8 Å². The van der Waals surface area contributed by atoms with Gasteiger partial charge in [0.1, 0.15) is 24.4 Å². The van der Waals surface area contributed by atoms with E-state index in [1.165, 1.54) is 0 Å². The maximum absolute atomic E-state index is 10.8. The molecular weight excluding hydrogens is 432 g/mol. The fraction of sp³-hybridized carbons (Fsp3) is 0.357. The number of benzene rings is 3. The number of hydrogen-bond acceptors (Lipinski definition) is 6. The summed E-state index contributed by atoms with van der Waals surface area (Å²) in [4.78, 5) is 0. The summed E-state index contributed by atoms with van der Waals surface area (Å²) in [6.45, 7) is 1.39. The number of aliphatic hydroxyl groups excluding tert-OH is 1. The van der Waals surface area contributed by atoms with E-state index in [4.69, 9.17) is 23.7 Å². The molecule has 34 heavy (non-hydrogen) atoms. The minimum absolute atomic E-state index is 0.292. The van der Waals surface area contributed by atoms with Gasteiger partial charge >= 0.3 is 0 Å². The summed E-state index contributed by atoms with van der Waals surface area (Å²) in [5.74, 6) is 0. The minimum atomic E-state index is -1.14. The SMILES string of the molecule is COC[C@@H](OCc1ccccc1)[C@@H]1OC(O)[C@H](OCc2ccccc2)[C@H]1OCc1ccccc1. The van der Waals surface area contributed by atoms with E-state index in [1.807, 2.05) is 91.0 Å². The van der Waals surface area contributed by atoms with E-state index in [0.29, 0.717) is 26.4 Å². The second-order valence-electron chi connectivity index (χ2n) is 8.30. The van der Waals surface area contributed by atoms with Crippen LogP contribution < -0.4 is 0 Å². The van der Waals surface area contributed by atoms with Crippen molar-refractivity contribution in [2.45, 2.75) is 50.5 Å². The first kappa shape index (κ1) is 24.5. The Morgan fingerprint density at radius 2 is 1.18 bits per heavy atom. The van der Waals surface area contributed by atoms with Gasteiger partial charge in [0.05, 0.1) is 26.4 Å². The molecule has 0 amide bonds. The van der Waals surface area contributed by atoms with Gasteiger partial charge < -0.3 is 28.8 Å². The van der Waals surface area contributed by atoms with Crippen molar-refractivity contribution in [2.24, 2.45) is 0 Å². The van der Waals surface area contributed by atoms with Gasteiger partial charge in [0.15, 0.2) is 6.29 Å². The molecule has 4 rings (SSSR count). The largest absolute Gasteiger partial charge is 0.382 e. The Bertz CT molecular complexity index is 952. The van der Waals surface area contributed by atoms with Crippen molar-refractivity contribution in [1.82, 2.24) is 0 Å². The van der Waals surface area contributed by atoms with E-state index in [0.717, 1.165) is 16.7 Å². The maximum Gasteiger partial charge on any atom is 0.184 e. The van der Waals surface area contributed by atoms with E-state index >= 15 is 0 Å². The third kappa shape index (κ3) is 6.73. The van der Waals surface area contributed by atoms with Gasteiger partial charge in [0.2, 0.25) is 0 Å². The van der Waals surface area contributed by atoms with Gasteiger partial charge in [-0.05, 0) is 16.7 Å². The molecule has 1 unspecified atom stereocenters. The molecule has 0 saturated carbocycles. The van der Waals surface area contributed by atoms with Crippen LogP contribution in [0.3, 0.4) is 0 Å². The predicted octanol–water partition coefficient (Wildman–Crippen LogP) is 4.11. The highest BCUT2D eigenvalue weighted by atomic mass is 16.7. The zero-order chi connectivity index (χ0) is 23.6. The molecule has 1 N–H and O–H groups in total. The van der Waals surface area contributed by atoms with E-state index in [-0.39, 0.29) is 0 Å². The minimum Gasteiger partial charge on any atom is -0.382 e. The van der Waals surface area contributed by atoms with Crippen molar-refractivity contribution in [3.8, 4) is 0 Å². The van der Waals surface area contributed by atoms with Crippen LogP contribution in [0.25, 0.3) is 0 Å². The first-order valence-corrected chi connectivity index (χ1v) is 11.5. The molecule has 6 nitrogen and oxygen atoms in total. The predicted molar refractivity (Wildman–Crippen MR) is 128 cm³/mol. The fourth-order valence-corrected chi connectivity index (χ4v) is 4.04. The lowest BCUT2D eigenvalue weighted by atomic mass is 10.0. The zero-order valence-corrected chi connectivity index (χ0v) is 19.4. The summed E-state index contributed by atoms with van der Waals surface area (Å²) in [6, 6.07) is 29.7. The fourth-order valence-electron chi connectivity index (χ4n) is 4.04. The zero-order valence-electron chi connectivity index (χ0n) is 19.4. The molecule has 5 atom stereocenters. The van der Waals surface area contributed by atoms with Gasteiger partial charge in [-0.25, -0.2) is 0 Å². The molecule has 3 aromatic rings. The molecule has 1 aliphatic heterocycles. The smallest absolute Gasteiger partial charge is 0.184 e. The Morgan fingerprint density at radius 3 is 1.68 bits per heavy atom. The summed E-state index contributed by atoms with van der Waals surface area (Å²) in [5.41, 5.74) is 3.08. The number of methoxy groups -OCH3 is 1. The van der Waals surface area contributed by atoms with Gasteiger partial charge in [0.25, 0.3) is 0 Å². The summed E-state index contributed by atoms with van der Waals surface area (Å²) < 4.78 is 30.0. The average Bonchev–Trinajstić information content (AvgIpc) is 3.20. The van der Waals surface area contributed by atoms with E-state index in [2.05, 4.69) is 0 Å². The second-order valence-corrected chi connectivity index (χ2v) is 8.30. The lowest BCUT2D eigenvalue weighted by Crippen LogP contribution is -2.44. The van der Waals surface area contributed by atoms with Crippen LogP contribution in [0.5, 0.6) is 0 Å². The average molecular weight is 465 g/mol. The quantitative estimate of drug-likeness (QED) is 0.435. The second kappa shape index (κ2) is 12.8. The van der Waals surface area contributed by atoms with E-state index in [1.54, 1.807) is 7.11 Å². The molecule has 0 spiro atoms.